The summed E-state index contributed by atoms with van der Waals surface area (Å²) in [6.45, 7) is -0.764. The van der Waals surface area contributed by atoms with Crippen molar-refractivity contribution < 1.29 is 29.3 Å². The predicted molar refractivity (Wildman–Crippen MR) is 111 cm³/mol. The first-order valence-corrected chi connectivity index (χ1v) is 9.73. The van der Waals surface area contributed by atoms with Crippen molar-refractivity contribution in [3.05, 3.63) is 32.6 Å². The Labute approximate surface area is 185 Å². The molecule has 5 unspecified atom stereocenters. The number of hydrogen-bond acceptors (Lipinski definition) is 9. The highest BCUT2D eigenvalue weighted by atomic mass is 16.5. The zero-order chi connectivity index (χ0) is 24.7. The van der Waals surface area contributed by atoms with Crippen LogP contribution in [-0.2, 0) is 19.1 Å². The molecule has 33 heavy (non-hydrogen) atoms. The lowest BCUT2D eigenvalue weighted by Crippen LogP contribution is -2.50. The number of aromatic amines is 2. The number of aliphatic imine (C=N–C) groups is 1. The van der Waals surface area contributed by atoms with Crippen LogP contribution in [0.15, 0.2) is 20.8 Å². The van der Waals surface area contributed by atoms with E-state index in [1.807, 2.05) is 4.98 Å². The van der Waals surface area contributed by atoms with Crippen molar-refractivity contribution in [2.24, 2.45) is 22.2 Å². The fourth-order valence-electron chi connectivity index (χ4n) is 3.09. The summed E-state index contributed by atoms with van der Waals surface area (Å²) < 4.78 is 5.50. The van der Waals surface area contributed by atoms with E-state index < -0.39 is 66.0 Å². The van der Waals surface area contributed by atoms with E-state index in [4.69, 9.17) is 21.9 Å². The minimum atomic E-state index is -1.52. The molecule has 16 heteroatoms. The van der Waals surface area contributed by atoms with Crippen molar-refractivity contribution in [2.45, 2.75) is 43.3 Å². The molecule has 5 atom stereocenters. The normalized spacial score (nSPS) is 22.8. The van der Waals surface area contributed by atoms with Crippen LogP contribution in [0, 0.1) is 0 Å². The third kappa shape index (κ3) is 7.13. The summed E-state index contributed by atoms with van der Waals surface area (Å²) in [5.74, 6) is -2.45. The van der Waals surface area contributed by atoms with Gasteiger partial charge in [-0.2, -0.15) is 0 Å². The van der Waals surface area contributed by atoms with Crippen LogP contribution in [0.25, 0.3) is 0 Å². The van der Waals surface area contributed by atoms with Crippen molar-refractivity contribution in [3.63, 3.8) is 0 Å². The summed E-state index contributed by atoms with van der Waals surface area (Å²) in [5.41, 5.74) is 13.7. The molecule has 182 valence electrons. The molecular formula is C17H26N8O8. The summed E-state index contributed by atoms with van der Waals surface area (Å²) in [7, 11) is 0. The largest absolute Gasteiger partial charge is 0.388 e. The molecule has 12 N–H and O–H groups in total. The number of carbonyl (C=O) groups excluding carboxylic acids is 3. The first-order valence-electron chi connectivity index (χ1n) is 9.73. The highest BCUT2D eigenvalue weighted by Crippen LogP contribution is 2.31. The Morgan fingerprint density at radius 2 is 1.88 bits per heavy atom. The zero-order valence-corrected chi connectivity index (χ0v) is 17.3. The third-order valence-corrected chi connectivity index (χ3v) is 4.73. The first-order chi connectivity index (χ1) is 15.5. The van der Waals surface area contributed by atoms with E-state index in [0.717, 1.165) is 6.20 Å². The van der Waals surface area contributed by atoms with Gasteiger partial charge in [0.05, 0.1) is 5.56 Å². The van der Waals surface area contributed by atoms with Crippen molar-refractivity contribution in [3.8, 4) is 0 Å². The van der Waals surface area contributed by atoms with Crippen LogP contribution in [0.1, 0.15) is 24.5 Å². The molecule has 1 fully saturated rings. The average Bonchev–Trinajstić information content (AvgIpc) is 3.01. The minimum Gasteiger partial charge on any atom is -0.388 e. The lowest BCUT2D eigenvalue weighted by atomic mass is 10.0. The Kier molecular flexibility index (Phi) is 8.66. The van der Waals surface area contributed by atoms with Crippen molar-refractivity contribution in [1.29, 1.82) is 0 Å². The minimum absolute atomic E-state index is 0.124. The van der Waals surface area contributed by atoms with Crippen LogP contribution in [-0.4, -0.2) is 81.3 Å². The Morgan fingerprint density at radius 3 is 2.48 bits per heavy atom. The van der Waals surface area contributed by atoms with Gasteiger partial charge in [-0.05, 0) is 6.42 Å². The molecule has 0 aliphatic carbocycles. The number of hydrogen-bond donors (Lipinski definition) is 9. The van der Waals surface area contributed by atoms with Crippen LogP contribution in [0.4, 0.5) is 0 Å². The molecule has 1 aliphatic heterocycles. The smallest absolute Gasteiger partial charge is 0.325 e. The second-order valence-corrected chi connectivity index (χ2v) is 7.21. The lowest BCUT2D eigenvalue weighted by Gasteiger charge is -2.20. The van der Waals surface area contributed by atoms with Gasteiger partial charge in [0.1, 0.15) is 37.0 Å². The SMILES string of the molecule is NC(=O)CCC(NC(=O)CN=C(N)N)C(=O)NCC1OC(c2c[nH]c(=O)[nH]c2=O)C(O)C1O. The first kappa shape index (κ1) is 25.5. The van der Waals surface area contributed by atoms with Crippen LogP contribution >= 0.6 is 0 Å². The second kappa shape index (κ2) is 11.2. The summed E-state index contributed by atoms with van der Waals surface area (Å²) in [4.78, 5) is 66.4. The summed E-state index contributed by atoms with van der Waals surface area (Å²) in [6.07, 6.45) is -4.69. The Hall–Kier alpha value is -3.76. The van der Waals surface area contributed by atoms with E-state index in [2.05, 4.69) is 20.6 Å². The summed E-state index contributed by atoms with van der Waals surface area (Å²) in [5, 5.41) is 25.3. The summed E-state index contributed by atoms with van der Waals surface area (Å²) >= 11 is 0. The van der Waals surface area contributed by atoms with E-state index in [0.29, 0.717) is 0 Å². The van der Waals surface area contributed by atoms with Crippen molar-refractivity contribution >= 4 is 23.7 Å². The van der Waals surface area contributed by atoms with Crippen LogP contribution < -0.4 is 39.1 Å². The molecule has 0 spiro atoms. The van der Waals surface area contributed by atoms with Crippen LogP contribution in [0.3, 0.4) is 0 Å². The molecule has 2 heterocycles. The molecule has 16 nitrogen and oxygen atoms in total. The molecule has 1 saturated heterocycles. The average molecular weight is 470 g/mol. The number of primary amides is 1. The Balaban J connectivity index is 2.03. The van der Waals surface area contributed by atoms with E-state index in [-0.39, 0.29) is 30.9 Å². The van der Waals surface area contributed by atoms with Gasteiger partial charge in [-0.25, -0.2) is 9.79 Å². The zero-order valence-electron chi connectivity index (χ0n) is 17.3. The molecule has 1 aromatic heterocycles. The predicted octanol–water partition coefficient (Wildman–Crippen LogP) is -5.64. The number of aliphatic hydroxyl groups excluding tert-OH is 2. The number of nitrogens with one attached hydrogen (secondary N) is 4. The molecule has 0 radical (unpaired) electrons. The Morgan fingerprint density at radius 1 is 1.18 bits per heavy atom. The topological polar surface area (TPSA) is 281 Å². The maximum absolute atomic E-state index is 12.6. The maximum atomic E-state index is 12.6. The van der Waals surface area contributed by atoms with E-state index in [9.17, 15) is 34.2 Å². The lowest BCUT2D eigenvalue weighted by molar-refractivity contribution is -0.129. The van der Waals surface area contributed by atoms with E-state index in [1.54, 1.807) is 0 Å². The standard InChI is InChI=1S/C17H26N8O8/c18-9(26)2-1-7(24-10(27)5-22-16(19)20)15(31)21-4-8-11(28)12(29)13(33-8)6-3-23-17(32)25-14(6)30/h3,7-8,11-13,28-29H,1-2,4-5H2,(H2,18,26)(H,21,31)(H,24,27)(H4,19,20,22)(H2,23,25,30,32). The van der Waals surface area contributed by atoms with Gasteiger partial charge in [-0.15, -0.1) is 0 Å². The molecule has 1 aromatic rings. The number of rotatable bonds is 10. The van der Waals surface area contributed by atoms with Gasteiger partial charge in [0, 0.05) is 19.2 Å². The number of aromatic nitrogens is 2. The number of amides is 3. The van der Waals surface area contributed by atoms with Crippen molar-refractivity contribution in [2.75, 3.05) is 13.1 Å². The highest BCUT2D eigenvalue weighted by molar-refractivity contribution is 5.89. The molecule has 0 saturated carbocycles. The van der Waals surface area contributed by atoms with Gasteiger partial charge in [-0.3, -0.25) is 24.2 Å². The molecular weight excluding hydrogens is 444 g/mol. The second-order valence-electron chi connectivity index (χ2n) is 7.21. The highest BCUT2D eigenvalue weighted by Gasteiger charge is 2.44. The third-order valence-electron chi connectivity index (χ3n) is 4.73. The van der Waals surface area contributed by atoms with Gasteiger partial charge in [0.2, 0.25) is 17.7 Å². The maximum Gasteiger partial charge on any atom is 0.325 e. The number of H-pyrrole nitrogens is 2. The molecule has 1 aliphatic rings. The number of carbonyl (C=O) groups is 3. The van der Waals surface area contributed by atoms with Crippen molar-refractivity contribution in [1.82, 2.24) is 20.6 Å². The van der Waals surface area contributed by atoms with Crippen LogP contribution in [0.5, 0.6) is 0 Å². The quantitative estimate of drug-likeness (QED) is 0.115. The fourth-order valence-corrected chi connectivity index (χ4v) is 3.09. The monoisotopic (exact) mass is 470 g/mol. The number of ether oxygens (including phenoxy) is 1. The van der Waals surface area contributed by atoms with E-state index >= 15 is 0 Å². The fraction of sp³-hybridized carbons (Fsp3) is 0.529. The van der Waals surface area contributed by atoms with Crippen LogP contribution in [0.2, 0.25) is 0 Å². The number of guanidine groups is 1. The number of aliphatic hydroxyl groups is 2. The van der Waals surface area contributed by atoms with Gasteiger partial charge in [0.25, 0.3) is 5.56 Å². The van der Waals surface area contributed by atoms with E-state index in [1.165, 1.54) is 0 Å². The number of nitrogens with zero attached hydrogens (tertiary/aromatic N) is 1. The van der Waals surface area contributed by atoms with Gasteiger partial charge in [0.15, 0.2) is 5.96 Å². The number of nitrogens with two attached hydrogens (primary N) is 3. The Bertz CT molecular complexity index is 1020. The van der Waals surface area contributed by atoms with Gasteiger partial charge in [-0.1, -0.05) is 0 Å². The molecule has 0 aromatic carbocycles. The van der Waals surface area contributed by atoms with Gasteiger partial charge >= 0.3 is 5.69 Å². The van der Waals surface area contributed by atoms with Gasteiger partial charge < -0.3 is 47.8 Å². The molecule has 3 amide bonds. The summed E-state index contributed by atoms with van der Waals surface area (Å²) in [6, 6.07) is -1.18. The molecule has 2 rings (SSSR count). The molecule has 0 bridgehead atoms.